The third kappa shape index (κ3) is 8.61. The summed E-state index contributed by atoms with van der Waals surface area (Å²) in [6, 6.07) is -1.97. The molecule has 0 aliphatic rings. The number of carbonyl (C=O) groups excluding carboxylic acids is 1. The molecule has 0 saturated carbocycles. The summed E-state index contributed by atoms with van der Waals surface area (Å²) >= 11 is 0. The Bertz CT molecular complexity index is 421. The van der Waals surface area contributed by atoms with Crippen LogP contribution in [0.1, 0.15) is 47.5 Å². The second kappa shape index (κ2) is 8.73. The third-order valence-electron chi connectivity index (χ3n) is 3.18. The predicted octanol–water partition coefficient (Wildman–Crippen LogP) is 1.08. The average molecular weight is 317 g/mol. The second-order valence-corrected chi connectivity index (χ2v) is 6.96. The highest BCUT2D eigenvalue weighted by atomic mass is 16.4. The lowest BCUT2D eigenvalue weighted by Gasteiger charge is -2.24. The highest BCUT2D eigenvalue weighted by molar-refractivity contribution is 5.89. The van der Waals surface area contributed by atoms with Gasteiger partial charge >= 0.3 is 11.9 Å². The molecule has 0 radical (unpaired) electrons. The Morgan fingerprint density at radius 1 is 1.23 bits per heavy atom. The normalized spacial score (nSPS) is 14.9. The fourth-order valence-electron chi connectivity index (χ4n) is 1.81. The van der Waals surface area contributed by atoms with E-state index in [-0.39, 0.29) is 17.8 Å². The molecule has 0 aliphatic heterocycles. The van der Waals surface area contributed by atoms with Crippen LogP contribution in [0.25, 0.3) is 1.43 Å². The maximum atomic E-state index is 12.3. The standard InChI is InChI=1S/C15H28N2O5/c1-9(2)12(14(21)22)17-13(20)10(8-11(18)19)16-7-6-15(3,4)5/h9-10,12,16H,6-8H2,1-5H3,(H,17,20)(H,18,19)(H,21,22)/t10-,12-/m0/s1/i/hD. The molecule has 22 heavy (non-hydrogen) atoms. The van der Waals surface area contributed by atoms with Crippen molar-refractivity contribution >= 4 is 17.8 Å². The molecule has 7 heteroatoms. The van der Waals surface area contributed by atoms with Crippen molar-refractivity contribution in [2.24, 2.45) is 11.3 Å². The molecule has 0 rings (SSSR count). The van der Waals surface area contributed by atoms with E-state index in [9.17, 15) is 14.4 Å². The maximum Gasteiger partial charge on any atom is 0.326 e. The molecule has 0 spiro atoms. The summed E-state index contributed by atoms with van der Waals surface area (Å²) in [6.07, 6.45) is 0.434. The van der Waals surface area contributed by atoms with Crippen molar-refractivity contribution in [2.45, 2.75) is 59.5 Å². The lowest BCUT2D eigenvalue weighted by molar-refractivity contribution is -0.144. The van der Waals surface area contributed by atoms with Crippen LogP contribution in [-0.4, -0.2) is 46.7 Å². The molecule has 4 N–H and O–H groups in total. The monoisotopic (exact) mass is 317 g/mol. The maximum absolute atomic E-state index is 12.3. The zero-order valence-corrected chi connectivity index (χ0v) is 13.9. The van der Waals surface area contributed by atoms with Crippen LogP contribution < -0.4 is 10.6 Å². The van der Waals surface area contributed by atoms with Gasteiger partial charge in [-0.25, -0.2) is 4.79 Å². The molecule has 0 bridgehead atoms. The molecule has 0 fully saturated rings. The zero-order chi connectivity index (χ0) is 18.2. The lowest BCUT2D eigenvalue weighted by atomic mass is 9.92. The first-order valence-electron chi connectivity index (χ1n) is 7.81. The van der Waals surface area contributed by atoms with E-state index in [1.165, 1.54) is 0 Å². The number of carboxylic acids is 2. The fraction of sp³-hybridized carbons (Fsp3) is 0.800. The van der Waals surface area contributed by atoms with Crippen molar-refractivity contribution in [3.05, 3.63) is 0 Å². The van der Waals surface area contributed by atoms with Gasteiger partial charge in [0, 0.05) is 0 Å². The quantitative estimate of drug-likeness (QED) is 0.506. The van der Waals surface area contributed by atoms with Crippen molar-refractivity contribution in [1.82, 2.24) is 10.6 Å². The lowest BCUT2D eigenvalue weighted by Crippen LogP contribution is -2.52. The molecule has 0 aromatic carbocycles. The van der Waals surface area contributed by atoms with Gasteiger partial charge in [0.05, 0.1) is 12.5 Å². The number of carboxylic acid groups (broad SMARTS) is 2. The minimum atomic E-state index is -1.13. The van der Waals surface area contributed by atoms with Gasteiger partial charge in [-0.05, 0) is 24.3 Å². The van der Waals surface area contributed by atoms with Gasteiger partial charge in [-0.1, -0.05) is 34.6 Å². The Balaban J connectivity index is 4.85. The molecule has 0 aromatic rings. The van der Waals surface area contributed by atoms with Crippen LogP contribution in [-0.2, 0) is 14.4 Å². The average Bonchev–Trinajstić information content (AvgIpc) is 2.40. The topological polar surface area (TPSA) is 116 Å². The van der Waals surface area contributed by atoms with Gasteiger partial charge in [0.2, 0.25) is 5.91 Å². The molecule has 0 heterocycles. The number of carbonyl (C=O) groups is 3. The van der Waals surface area contributed by atoms with Gasteiger partial charge in [-0.3, -0.25) is 9.59 Å². The van der Waals surface area contributed by atoms with Crippen LogP contribution in [0.5, 0.6) is 0 Å². The number of hydrogen-bond acceptors (Lipinski definition) is 5. The van der Waals surface area contributed by atoms with Gasteiger partial charge < -0.3 is 20.8 Å². The summed E-state index contributed by atoms with van der Waals surface area (Å²) < 4.78 is 6.59. The SMILES string of the molecule is [2H]OC(=O)C[C@H](NCCC(C)(C)C)C(=O)N[C@H](C(=O)O)C(C)C. The van der Waals surface area contributed by atoms with E-state index >= 15 is 0 Å². The Hall–Kier alpha value is -1.63. The molecule has 0 aromatic heterocycles. The second-order valence-electron chi connectivity index (χ2n) is 6.96. The number of hydrogen-bond donors (Lipinski definition) is 4. The number of rotatable bonds is 9. The van der Waals surface area contributed by atoms with Crippen molar-refractivity contribution in [3.63, 3.8) is 0 Å². The van der Waals surface area contributed by atoms with Gasteiger partial charge in [-0.2, -0.15) is 0 Å². The first-order chi connectivity index (χ1) is 10.5. The van der Waals surface area contributed by atoms with Crippen LogP contribution in [0.3, 0.4) is 0 Å². The van der Waals surface area contributed by atoms with Crippen LogP contribution in [0.2, 0.25) is 0 Å². The minimum absolute atomic E-state index is 0.0471. The number of aliphatic carboxylic acids is 2. The zero-order valence-electron chi connectivity index (χ0n) is 14.9. The Labute approximate surface area is 133 Å². The molecular weight excluding hydrogens is 288 g/mol. The van der Waals surface area contributed by atoms with Crippen LogP contribution in [0.15, 0.2) is 0 Å². The molecule has 0 saturated heterocycles. The molecular formula is C15H28N2O5. The van der Waals surface area contributed by atoms with Crippen molar-refractivity contribution in [3.8, 4) is 0 Å². The van der Waals surface area contributed by atoms with Gasteiger partial charge in [-0.15, -0.1) is 0 Å². The van der Waals surface area contributed by atoms with Crippen LogP contribution in [0.4, 0.5) is 0 Å². The first-order valence-corrected chi connectivity index (χ1v) is 7.40. The molecule has 2 atom stereocenters. The molecule has 7 nitrogen and oxygen atoms in total. The fourth-order valence-corrected chi connectivity index (χ4v) is 1.81. The summed E-state index contributed by atoms with van der Waals surface area (Å²) in [5.74, 6) is -2.88. The van der Waals surface area contributed by atoms with Crippen LogP contribution in [0, 0.1) is 11.3 Å². The van der Waals surface area contributed by atoms with Crippen molar-refractivity contribution in [1.29, 1.82) is 1.43 Å². The summed E-state index contributed by atoms with van der Waals surface area (Å²) in [5.41, 5.74) is 0.0471. The third-order valence-corrected chi connectivity index (χ3v) is 3.18. The van der Waals surface area contributed by atoms with E-state index in [1.807, 2.05) is 20.8 Å². The van der Waals surface area contributed by atoms with E-state index in [0.717, 1.165) is 6.42 Å². The molecule has 1 amide bonds. The van der Waals surface area contributed by atoms with E-state index in [0.29, 0.717) is 6.54 Å². The Kier molecular flexibility index (Phi) is 7.31. The van der Waals surface area contributed by atoms with Crippen molar-refractivity contribution in [2.75, 3.05) is 6.54 Å². The molecule has 128 valence electrons. The summed E-state index contributed by atoms with van der Waals surface area (Å²) in [5, 5.41) is 18.3. The summed E-state index contributed by atoms with van der Waals surface area (Å²) in [6.45, 7) is 9.97. The number of nitrogens with one attached hydrogen (secondary N) is 2. The highest BCUT2D eigenvalue weighted by Crippen LogP contribution is 2.17. The van der Waals surface area contributed by atoms with E-state index in [2.05, 4.69) is 15.7 Å². The van der Waals surface area contributed by atoms with E-state index in [1.54, 1.807) is 13.8 Å². The summed E-state index contributed by atoms with van der Waals surface area (Å²) in [7, 11) is 0. The van der Waals surface area contributed by atoms with E-state index < -0.39 is 29.9 Å². The van der Waals surface area contributed by atoms with Gasteiger partial charge in [0.1, 0.15) is 6.04 Å². The minimum Gasteiger partial charge on any atom is -0.481 e. The predicted molar refractivity (Wildman–Crippen MR) is 82.5 cm³/mol. The van der Waals surface area contributed by atoms with E-state index in [4.69, 9.17) is 6.54 Å². The summed E-state index contributed by atoms with van der Waals surface area (Å²) in [4.78, 5) is 34.7. The molecule has 0 aliphatic carbocycles. The van der Waals surface area contributed by atoms with Gasteiger partial charge in [0.25, 0.3) is 1.43 Å². The highest BCUT2D eigenvalue weighted by Gasteiger charge is 2.28. The Morgan fingerprint density at radius 3 is 2.23 bits per heavy atom. The van der Waals surface area contributed by atoms with Crippen LogP contribution >= 0.6 is 0 Å². The Morgan fingerprint density at radius 2 is 1.82 bits per heavy atom. The van der Waals surface area contributed by atoms with Gasteiger partial charge in [0.15, 0.2) is 0 Å². The first kappa shape index (κ1) is 18.4. The van der Waals surface area contributed by atoms with Crippen molar-refractivity contribution < 1.29 is 24.6 Å². The molecule has 0 unspecified atom stereocenters. The smallest absolute Gasteiger partial charge is 0.326 e. The number of amides is 1. The largest absolute Gasteiger partial charge is 0.481 e.